The maximum atomic E-state index is 12.8. The standard InChI is InChI=1S/C22H19N5O3S/c1-30-20(28)15-8-5-9-16(12-15)23-21(29)26-11-10-17-18(13-26)31-22-24-19(25-27(17)22)14-6-3-2-4-7-14/h2-9,12H,10-11,13H2,1H3,(H,23,29). The molecule has 3 heterocycles. The minimum absolute atomic E-state index is 0.211. The van der Waals surface area contributed by atoms with E-state index >= 15 is 0 Å². The van der Waals surface area contributed by atoms with E-state index in [0.29, 0.717) is 36.6 Å². The van der Waals surface area contributed by atoms with Gasteiger partial charge in [-0.3, -0.25) is 0 Å². The molecule has 2 amide bonds. The van der Waals surface area contributed by atoms with E-state index in [-0.39, 0.29) is 6.03 Å². The average molecular weight is 433 g/mol. The third-order valence-corrected chi connectivity index (χ3v) is 6.23. The number of carbonyl (C=O) groups is 2. The highest BCUT2D eigenvalue weighted by Gasteiger charge is 2.26. The van der Waals surface area contributed by atoms with Gasteiger partial charge >= 0.3 is 12.0 Å². The summed E-state index contributed by atoms with van der Waals surface area (Å²) < 4.78 is 6.63. The van der Waals surface area contributed by atoms with Crippen molar-refractivity contribution in [2.45, 2.75) is 13.0 Å². The van der Waals surface area contributed by atoms with E-state index in [1.54, 1.807) is 40.5 Å². The van der Waals surface area contributed by atoms with Crippen LogP contribution in [0, 0.1) is 0 Å². The number of benzene rings is 2. The van der Waals surface area contributed by atoms with Gasteiger partial charge in [-0.25, -0.2) is 14.1 Å². The molecule has 5 rings (SSSR count). The zero-order valence-electron chi connectivity index (χ0n) is 16.7. The van der Waals surface area contributed by atoms with Gasteiger partial charge in [-0.05, 0) is 18.2 Å². The summed E-state index contributed by atoms with van der Waals surface area (Å²) >= 11 is 1.56. The number of ether oxygens (including phenoxy) is 1. The van der Waals surface area contributed by atoms with Crippen LogP contribution in [0.15, 0.2) is 54.6 Å². The van der Waals surface area contributed by atoms with Crippen molar-refractivity contribution in [3.63, 3.8) is 0 Å². The Labute approximate surface area is 182 Å². The number of fused-ring (bicyclic) bond motifs is 3. The van der Waals surface area contributed by atoms with Crippen LogP contribution in [0.5, 0.6) is 0 Å². The van der Waals surface area contributed by atoms with Gasteiger partial charge in [-0.15, -0.1) is 5.10 Å². The second kappa shape index (κ2) is 7.84. The number of carbonyl (C=O) groups excluding carboxylic acids is 2. The predicted octanol–water partition coefficient (Wildman–Crippen LogP) is 3.83. The number of methoxy groups -OCH3 is 1. The first-order valence-corrected chi connectivity index (χ1v) is 10.6. The maximum Gasteiger partial charge on any atom is 0.337 e. The lowest BCUT2D eigenvalue weighted by molar-refractivity contribution is 0.0600. The number of amides is 2. The summed E-state index contributed by atoms with van der Waals surface area (Å²) in [7, 11) is 1.33. The topological polar surface area (TPSA) is 88.8 Å². The van der Waals surface area contributed by atoms with Crippen LogP contribution in [0.3, 0.4) is 0 Å². The van der Waals surface area contributed by atoms with Crippen LogP contribution in [0.2, 0.25) is 0 Å². The van der Waals surface area contributed by atoms with Crippen LogP contribution in [-0.4, -0.2) is 45.2 Å². The van der Waals surface area contributed by atoms with Crippen molar-refractivity contribution >= 4 is 34.0 Å². The van der Waals surface area contributed by atoms with Gasteiger partial charge in [0.05, 0.1) is 24.9 Å². The second-order valence-corrected chi connectivity index (χ2v) is 8.20. The molecule has 2 aromatic carbocycles. The molecule has 4 aromatic rings. The largest absolute Gasteiger partial charge is 0.465 e. The summed E-state index contributed by atoms with van der Waals surface area (Å²) in [6, 6.07) is 16.4. The SMILES string of the molecule is COC(=O)c1cccc(NC(=O)N2CCc3c(sc4nc(-c5ccccc5)nn34)C2)c1. The van der Waals surface area contributed by atoms with E-state index in [2.05, 4.69) is 15.4 Å². The number of hydrogen-bond donors (Lipinski definition) is 1. The van der Waals surface area contributed by atoms with Gasteiger partial charge in [0.25, 0.3) is 0 Å². The van der Waals surface area contributed by atoms with Crippen LogP contribution in [0.25, 0.3) is 16.3 Å². The van der Waals surface area contributed by atoms with Gasteiger partial charge in [-0.1, -0.05) is 47.7 Å². The number of thiazole rings is 1. The van der Waals surface area contributed by atoms with E-state index in [1.165, 1.54) is 7.11 Å². The number of hydrogen-bond acceptors (Lipinski definition) is 6. The van der Waals surface area contributed by atoms with Crippen molar-refractivity contribution in [2.24, 2.45) is 0 Å². The Morgan fingerprint density at radius 2 is 1.97 bits per heavy atom. The lowest BCUT2D eigenvalue weighted by Gasteiger charge is -2.26. The van der Waals surface area contributed by atoms with Gasteiger partial charge in [0.2, 0.25) is 4.96 Å². The summed E-state index contributed by atoms with van der Waals surface area (Å²) in [5.41, 5.74) is 3.03. The van der Waals surface area contributed by atoms with Crippen molar-refractivity contribution < 1.29 is 14.3 Å². The molecule has 1 aliphatic heterocycles. The van der Waals surface area contributed by atoms with Gasteiger partial charge < -0.3 is 15.0 Å². The zero-order chi connectivity index (χ0) is 21.4. The Hall–Kier alpha value is -3.72. The minimum Gasteiger partial charge on any atom is -0.465 e. The summed E-state index contributed by atoms with van der Waals surface area (Å²) in [5.74, 6) is 0.267. The van der Waals surface area contributed by atoms with Crippen LogP contribution in [0.4, 0.5) is 10.5 Å². The molecule has 0 spiro atoms. The number of rotatable bonds is 3. The van der Waals surface area contributed by atoms with Crippen molar-refractivity contribution in [3.8, 4) is 11.4 Å². The number of aromatic nitrogens is 3. The lowest BCUT2D eigenvalue weighted by atomic mass is 10.2. The first kappa shape index (κ1) is 19.3. The number of esters is 1. The Kier molecular flexibility index (Phi) is 4.87. The molecule has 0 saturated heterocycles. The Morgan fingerprint density at radius 1 is 1.13 bits per heavy atom. The van der Waals surface area contributed by atoms with E-state index < -0.39 is 5.97 Å². The highest BCUT2D eigenvalue weighted by atomic mass is 32.1. The number of urea groups is 1. The molecule has 0 fully saturated rings. The molecule has 0 aliphatic carbocycles. The van der Waals surface area contributed by atoms with Gasteiger partial charge in [0, 0.05) is 29.1 Å². The number of anilines is 1. The normalized spacial score (nSPS) is 13.1. The van der Waals surface area contributed by atoms with Crippen LogP contribution >= 0.6 is 11.3 Å². The molecule has 1 N–H and O–H groups in total. The van der Waals surface area contributed by atoms with Gasteiger partial charge in [0.15, 0.2) is 5.82 Å². The van der Waals surface area contributed by atoms with E-state index in [0.717, 1.165) is 21.1 Å². The fourth-order valence-corrected chi connectivity index (χ4v) is 4.73. The van der Waals surface area contributed by atoms with Crippen LogP contribution in [0.1, 0.15) is 20.9 Å². The van der Waals surface area contributed by atoms with E-state index in [9.17, 15) is 9.59 Å². The Morgan fingerprint density at radius 3 is 2.77 bits per heavy atom. The molecule has 0 radical (unpaired) electrons. The molecule has 2 aromatic heterocycles. The summed E-state index contributed by atoms with van der Waals surface area (Å²) in [5, 5.41) is 7.55. The highest BCUT2D eigenvalue weighted by Crippen LogP contribution is 2.29. The summed E-state index contributed by atoms with van der Waals surface area (Å²) in [4.78, 5) is 32.8. The number of nitrogens with zero attached hydrogens (tertiary/aromatic N) is 4. The van der Waals surface area contributed by atoms with E-state index in [4.69, 9.17) is 4.74 Å². The van der Waals surface area contributed by atoms with Crippen LogP contribution < -0.4 is 5.32 Å². The molecule has 1 aliphatic rings. The highest BCUT2D eigenvalue weighted by molar-refractivity contribution is 7.17. The maximum absolute atomic E-state index is 12.8. The molecule has 0 saturated carbocycles. The summed E-state index contributed by atoms with van der Waals surface area (Å²) in [6.45, 7) is 1.07. The molecule has 0 bridgehead atoms. The predicted molar refractivity (Wildman–Crippen MR) is 117 cm³/mol. The van der Waals surface area contributed by atoms with Crippen molar-refractivity contribution in [1.82, 2.24) is 19.5 Å². The molecular formula is C22H19N5O3S. The monoisotopic (exact) mass is 433 g/mol. The molecular weight excluding hydrogens is 414 g/mol. The minimum atomic E-state index is -0.442. The van der Waals surface area contributed by atoms with Gasteiger partial charge in [-0.2, -0.15) is 4.98 Å². The van der Waals surface area contributed by atoms with E-state index in [1.807, 2.05) is 34.8 Å². The molecule has 156 valence electrons. The average Bonchev–Trinajstić information content (AvgIpc) is 3.37. The third kappa shape index (κ3) is 3.64. The van der Waals surface area contributed by atoms with Crippen molar-refractivity contribution in [2.75, 3.05) is 19.0 Å². The smallest absolute Gasteiger partial charge is 0.337 e. The third-order valence-electron chi connectivity index (χ3n) is 5.18. The molecule has 0 atom stereocenters. The zero-order valence-corrected chi connectivity index (χ0v) is 17.6. The van der Waals surface area contributed by atoms with Gasteiger partial charge in [0.1, 0.15) is 0 Å². The first-order chi connectivity index (χ1) is 15.1. The second-order valence-electron chi connectivity index (χ2n) is 7.14. The quantitative estimate of drug-likeness (QED) is 0.496. The molecule has 0 unspecified atom stereocenters. The fraction of sp³-hybridized carbons (Fsp3) is 0.182. The van der Waals surface area contributed by atoms with Crippen LogP contribution in [-0.2, 0) is 17.7 Å². The number of nitrogens with one attached hydrogen (secondary N) is 1. The fourth-order valence-electron chi connectivity index (χ4n) is 3.62. The Balaban J connectivity index is 1.32. The lowest BCUT2D eigenvalue weighted by Crippen LogP contribution is -2.38. The molecule has 31 heavy (non-hydrogen) atoms. The summed E-state index contributed by atoms with van der Waals surface area (Å²) in [6.07, 6.45) is 0.697. The van der Waals surface area contributed by atoms with Crippen molar-refractivity contribution in [3.05, 3.63) is 70.7 Å². The van der Waals surface area contributed by atoms with Crippen molar-refractivity contribution in [1.29, 1.82) is 0 Å². The Bertz CT molecular complexity index is 1280. The molecule has 9 heteroatoms. The molecule has 8 nitrogen and oxygen atoms in total. The first-order valence-electron chi connectivity index (χ1n) is 9.79.